The highest BCUT2D eigenvalue weighted by Crippen LogP contribution is 2.47. The molecule has 2 aliphatic heterocycles. The van der Waals surface area contributed by atoms with Crippen molar-refractivity contribution in [3.05, 3.63) is 34.5 Å². The molecule has 2 aliphatic rings. The van der Waals surface area contributed by atoms with Crippen molar-refractivity contribution < 1.29 is 22.7 Å². The van der Waals surface area contributed by atoms with Gasteiger partial charge in [-0.05, 0) is 57.1 Å². The van der Waals surface area contributed by atoms with Crippen molar-refractivity contribution in [2.24, 2.45) is 0 Å². The maximum atomic E-state index is 13.5. The third-order valence-corrected chi connectivity index (χ3v) is 5.29. The molecule has 152 valence electrons. The predicted molar refractivity (Wildman–Crippen MR) is 104 cm³/mol. The summed E-state index contributed by atoms with van der Waals surface area (Å²) in [5.41, 5.74) is -0.546. The first-order chi connectivity index (χ1) is 13.0. The monoisotopic (exact) mass is 413 g/mol. The molecule has 0 atom stereocenters. The second-order valence-electron chi connectivity index (χ2n) is 7.30. The number of ether oxygens (including phenoxy) is 1. The maximum absolute atomic E-state index is 13.5. The smallest absolute Gasteiger partial charge is 0.416 e. The summed E-state index contributed by atoms with van der Waals surface area (Å²) in [6.07, 6.45) is -3.53. The normalized spacial score (nSPS) is 18.7. The summed E-state index contributed by atoms with van der Waals surface area (Å²) in [7, 11) is 1.63. The van der Waals surface area contributed by atoms with Crippen molar-refractivity contribution in [1.82, 2.24) is 15.5 Å². The number of halogens is 3. The van der Waals surface area contributed by atoms with E-state index in [9.17, 15) is 18.0 Å². The molecule has 1 aromatic carbocycles. The van der Waals surface area contributed by atoms with Gasteiger partial charge in [0, 0.05) is 25.6 Å². The zero-order valence-corrected chi connectivity index (χ0v) is 16.9. The van der Waals surface area contributed by atoms with Crippen LogP contribution in [-0.2, 0) is 11.0 Å². The molecule has 2 heterocycles. The van der Waals surface area contributed by atoms with Crippen molar-refractivity contribution in [2.75, 3.05) is 13.6 Å². The van der Waals surface area contributed by atoms with Crippen LogP contribution in [0.2, 0.25) is 0 Å². The molecule has 2 N–H and O–H groups in total. The minimum absolute atomic E-state index is 0.0184. The molecular weight excluding hydrogens is 391 g/mol. The Morgan fingerprint density at radius 3 is 2.54 bits per heavy atom. The molecule has 0 aliphatic carbocycles. The molecule has 1 saturated heterocycles. The number of thiocarbonyl (C=S) groups is 1. The number of nitrogens with zero attached hydrogens (tertiary/aromatic N) is 1. The topological polar surface area (TPSA) is 53.6 Å². The molecule has 28 heavy (non-hydrogen) atoms. The van der Waals surface area contributed by atoms with Gasteiger partial charge in [0.1, 0.15) is 11.4 Å². The number of amides is 1. The Morgan fingerprint density at radius 1 is 1.32 bits per heavy atom. The first kappa shape index (κ1) is 20.4. The molecule has 1 amide bonds. The van der Waals surface area contributed by atoms with Crippen LogP contribution < -0.4 is 15.4 Å². The predicted octanol–water partition coefficient (Wildman–Crippen LogP) is 3.57. The molecule has 0 bridgehead atoms. The van der Waals surface area contributed by atoms with E-state index in [1.54, 1.807) is 20.9 Å². The quantitative estimate of drug-likeness (QED) is 0.726. The van der Waals surface area contributed by atoms with Crippen LogP contribution >= 0.6 is 12.2 Å². The number of benzene rings is 1. The molecule has 3 rings (SSSR count). The summed E-state index contributed by atoms with van der Waals surface area (Å²) in [6, 6.07) is 2.34. The van der Waals surface area contributed by atoms with Gasteiger partial charge in [0.2, 0.25) is 5.91 Å². The lowest BCUT2D eigenvalue weighted by Crippen LogP contribution is -2.48. The summed E-state index contributed by atoms with van der Waals surface area (Å²) in [6.45, 7) is 5.39. The average molecular weight is 413 g/mol. The van der Waals surface area contributed by atoms with Gasteiger partial charge in [0.15, 0.2) is 5.11 Å². The molecule has 0 spiro atoms. The Balaban J connectivity index is 2.33. The maximum Gasteiger partial charge on any atom is 0.416 e. The number of alkyl halides is 3. The fraction of sp³-hybridized carbons (Fsp3) is 0.474. The zero-order chi connectivity index (χ0) is 20.9. The standard InChI is InChI=1S/C19H22F3N3O2S/c1-10-11(19(20,21)22)7-8-12-14(10)15(25-9-5-6-13(25)26)16(18(2,3)27-12)24-17(28)23-4/h7-8H,5-6,9H2,1-4H3,(H2,23,24,28). The molecule has 5 nitrogen and oxygen atoms in total. The lowest BCUT2D eigenvalue weighted by molar-refractivity contribution is -0.138. The van der Waals surface area contributed by atoms with E-state index in [-0.39, 0.29) is 22.1 Å². The first-order valence-corrected chi connectivity index (χ1v) is 9.32. The van der Waals surface area contributed by atoms with Gasteiger partial charge in [-0.1, -0.05) is 0 Å². The van der Waals surface area contributed by atoms with Gasteiger partial charge in [-0.15, -0.1) is 0 Å². The average Bonchev–Trinajstić information content (AvgIpc) is 3.00. The van der Waals surface area contributed by atoms with E-state index in [1.807, 2.05) is 0 Å². The SMILES string of the molecule is CNC(=S)NC1=C(N2CCCC2=O)c2c(ccc(C(F)(F)F)c2C)OC1(C)C. The third-order valence-electron chi connectivity index (χ3n) is 4.98. The lowest BCUT2D eigenvalue weighted by Gasteiger charge is -2.40. The summed E-state index contributed by atoms with van der Waals surface area (Å²) in [5, 5.41) is 6.11. The summed E-state index contributed by atoms with van der Waals surface area (Å²) < 4.78 is 46.6. The van der Waals surface area contributed by atoms with E-state index in [0.29, 0.717) is 36.5 Å². The molecular formula is C19H22F3N3O2S. The van der Waals surface area contributed by atoms with Gasteiger partial charge in [0.05, 0.1) is 17.0 Å². The zero-order valence-electron chi connectivity index (χ0n) is 16.1. The van der Waals surface area contributed by atoms with Crippen molar-refractivity contribution in [2.45, 2.75) is 45.4 Å². The number of carbonyl (C=O) groups excluding carboxylic acids is 1. The number of carbonyl (C=O) groups is 1. The number of nitrogens with one attached hydrogen (secondary N) is 2. The van der Waals surface area contributed by atoms with E-state index in [0.717, 1.165) is 6.07 Å². The van der Waals surface area contributed by atoms with Gasteiger partial charge >= 0.3 is 6.18 Å². The largest absolute Gasteiger partial charge is 0.481 e. The van der Waals surface area contributed by atoms with E-state index >= 15 is 0 Å². The van der Waals surface area contributed by atoms with E-state index in [1.165, 1.54) is 17.9 Å². The van der Waals surface area contributed by atoms with Gasteiger partial charge in [0.25, 0.3) is 0 Å². The highest BCUT2D eigenvalue weighted by atomic mass is 32.1. The molecule has 1 aromatic rings. The number of hydrogen-bond donors (Lipinski definition) is 2. The van der Waals surface area contributed by atoms with Gasteiger partial charge < -0.3 is 20.3 Å². The molecule has 0 unspecified atom stereocenters. The van der Waals surface area contributed by atoms with Crippen molar-refractivity contribution in [1.29, 1.82) is 0 Å². The van der Waals surface area contributed by atoms with Crippen LogP contribution in [0.15, 0.2) is 17.8 Å². The fourth-order valence-corrected chi connectivity index (χ4v) is 3.75. The van der Waals surface area contributed by atoms with Crippen LogP contribution in [0.3, 0.4) is 0 Å². The summed E-state index contributed by atoms with van der Waals surface area (Å²) >= 11 is 5.22. The second kappa shape index (κ2) is 6.95. The van der Waals surface area contributed by atoms with Gasteiger partial charge in [-0.3, -0.25) is 4.79 Å². The number of fused-ring (bicyclic) bond motifs is 1. The van der Waals surface area contributed by atoms with Crippen molar-refractivity contribution in [3.8, 4) is 5.75 Å². The van der Waals surface area contributed by atoms with E-state index in [2.05, 4.69) is 10.6 Å². The second-order valence-corrected chi connectivity index (χ2v) is 7.71. The van der Waals surface area contributed by atoms with E-state index < -0.39 is 17.3 Å². The number of likely N-dealkylation sites (tertiary alicyclic amines) is 1. The first-order valence-electron chi connectivity index (χ1n) is 8.91. The minimum Gasteiger partial charge on any atom is -0.481 e. The Morgan fingerprint density at radius 2 is 2.00 bits per heavy atom. The number of hydrogen-bond acceptors (Lipinski definition) is 3. The van der Waals surface area contributed by atoms with Gasteiger partial charge in [-0.2, -0.15) is 13.2 Å². The van der Waals surface area contributed by atoms with Crippen LogP contribution in [-0.4, -0.2) is 35.1 Å². The van der Waals surface area contributed by atoms with Crippen LogP contribution in [0.5, 0.6) is 5.75 Å². The van der Waals surface area contributed by atoms with E-state index in [4.69, 9.17) is 17.0 Å². The number of rotatable bonds is 2. The fourth-order valence-electron chi connectivity index (χ4n) is 3.65. The molecule has 1 fully saturated rings. The van der Waals surface area contributed by atoms with Crippen molar-refractivity contribution >= 4 is 28.9 Å². The Hall–Kier alpha value is -2.29. The minimum atomic E-state index is -4.51. The Kier molecular flexibility index (Phi) is 5.07. The summed E-state index contributed by atoms with van der Waals surface area (Å²) in [5.74, 6) is 0.177. The van der Waals surface area contributed by atoms with Crippen LogP contribution in [0.1, 0.15) is 43.4 Å². The molecule has 0 saturated carbocycles. The summed E-state index contributed by atoms with van der Waals surface area (Å²) in [4.78, 5) is 14.1. The molecule has 0 aromatic heterocycles. The highest BCUT2D eigenvalue weighted by molar-refractivity contribution is 7.80. The Labute approximate surface area is 166 Å². The lowest BCUT2D eigenvalue weighted by atomic mass is 9.89. The van der Waals surface area contributed by atoms with Crippen LogP contribution in [0, 0.1) is 6.92 Å². The van der Waals surface area contributed by atoms with Crippen LogP contribution in [0.4, 0.5) is 13.2 Å². The highest BCUT2D eigenvalue weighted by Gasteiger charge is 2.43. The molecule has 0 radical (unpaired) electrons. The van der Waals surface area contributed by atoms with Crippen LogP contribution in [0.25, 0.3) is 5.70 Å². The molecule has 9 heteroatoms. The van der Waals surface area contributed by atoms with Gasteiger partial charge in [-0.25, -0.2) is 0 Å². The van der Waals surface area contributed by atoms with Crippen molar-refractivity contribution in [3.63, 3.8) is 0 Å². The Bertz CT molecular complexity index is 878. The third kappa shape index (κ3) is 3.43.